The molecule has 1 fully saturated rings. The van der Waals surface area contributed by atoms with Crippen LogP contribution in [0.25, 0.3) is 0 Å². The van der Waals surface area contributed by atoms with Gasteiger partial charge in [-0.25, -0.2) is 0 Å². The van der Waals surface area contributed by atoms with Gasteiger partial charge in [-0.3, -0.25) is 0 Å². The minimum Gasteiger partial charge on any atom is -0.493 e. The van der Waals surface area contributed by atoms with Crippen LogP contribution in [0.2, 0.25) is 0 Å². The van der Waals surface area contributed by atoms with Gasteiger partial charge >= 0.3 is 0 Å². The minimum absolute atomic E-state index is 0.333. The topological polar surface area (TPSA) is 35.2 Å². The first-order chi connectivity index (χ1) is 7.25. The van der Waals surface area contributed by atoms with E-state index in [0.717, 1.165) is 18.8 Å². The van der Waals surface area contributed by atoms with Crippen LogP contribution in [0.4, 0.5) is 0 Å². The van der Waals surface area contributed by atoms with Crippen LogP contribution in [0.3, 0.4) is 0 Å². The van der Waals surface area contributed by atoms with Crippen LogP contribution in [0.1, 0.15) is 30.4 Å². The van der Waals surface area contributed by atoms with Gasteiger partial charge in [0.1, 0.15) is 5.75 Å². The molecule has 2 nitrogen and oxygen atoms in total. The summed E-state index contributed by atoms with van der Waals surface area (Å²) in [7, 11) is 0. The third-order valence-electron chi connectivity index (χ3n) is 3.66. The van der Waals surface area contributed by atoms with Crippen molar-refractivity contribution in [2.24, 2.45) is 11.7 Å². The normalized spacial score (nSPS) is 29.5. The van der Waals surface area contributed by atoms with Crippen molar-refractivity contribution < 1.29 is 4.74 Å². The molecule has 1 heterocycles. The summed E-state index contributed by atoms with van der Waals surface area (Å²) in [4.78, 5) is 0. The number of fused-ring (bicyclic) bond motifs is 1. The van der Waals surface area contributed by atoms with Crippen LogP contribution >= 0.6 is 0 Å². The van der Waals surface area contributed by atoms with Crippen molar-refractivity contribution >= 4 is 0 Å². The molecule has 0 spiro atoms. The van der Waals surface area contributed by atoms with Gasteiger partial charge in [0.05, 0.1) is 6.61 Å². The monoisotopic (exact) mass is 203 g/mol. The molecule has 0 bridgehead atoms. The molecule has 1 aliphatic carbocycles. The highest BCUT2D eigenvalue weighted by Gasteiger charge is 2.40. The molecule has 80 valence electrons. The molecule has 2 heteroatoms. The maximum Gasteiger partial charge on any atom is 0.122 e. The van der Waals surface area contributed by atoms with Crippen LogP contribution in [0, 0.1) is 5.92 Å². The first-order valence-electron chi connectivity index (χ1n) is 5.77. The predicted molar refractivity (Wildman–Crippen MR) is 60.1 cm³/mol. The predicted octanol–water partition coefficient (Wildman–Crippen LogP) is 2.07. The van der Waals surface area contributed by atoms with Gasteiger partial charge in [-0.1, -0.05) is 12.1 Å². The lowest BCUT2D eigenvalue weighted by Crippen LogP contribution is -2.17. The lowest BCUT2D eigenvalue weighted by Gasteiger charge is -2.05. The quantitative estimate of drug-likeness (QED) is 0.798. The fraction of sp³-hybridized carbons (Fsp3) is 0.538. The summed E-state index contributed by atoms with van der Waals surface area (Å²) < 4.78 is 5.50. The van der Waals surface area contributed by atoms with Crippen LogP contribution in [0.15, 0.2) is 18.2 Å². The summed E-state index contributed by atoms with van der Waals surface area (Å²) in [5.74, 6) is 2.48. The van der Waals surface area contributed by atoms with E-state index < -0.39 is 0 Å². The zero-order chi connectivity index (χ0) is 10.4. The maximum atomic E-state index is 5.91. The zero-order valence-electron chi connectivity index (χ0n) is 9.07. The number of hydrogen-bond acceptors (Lipinski definition) is 2. The molecule has 0 saturated heterocycles. The number of hydrogen-bond donors (Lipinski definition) is 1. The Morgan fingerprint density at radius 3 is 3.07 bits per heavy atom. The summed E-state index contributed by atoms with van der Waals surface area (Å²) in [5, 5.41) is 0. The Morgan fingerprint density at radius 2 is 2.33 bits per heavy atom. The van der Waals surface area contributed by atoms with Crippen molar-refractivity contribution in [3.05, 3.63) is 29.3 Å². The van der Waals surface area contributed by atoms with Crippen molar-refractivity contribution in [3.8, 4) is 5.75 Å². The van der Waals surface area contributed by atoms with Crippen LogP contribution in [-0.4, -0.2) is 12.6 Å². The van der Waals surface area contributed by atoms with E-state index in [2.05, 4.69) is 25.1 Å². The molecule has 2 N–H and O–H groups in total. The molecule has 3 atom stereocenters. The molecule has 3 rings (SSSR count). The van der Waals surface area contributed by atoms with E-state index in [0.29, 0.717) is 17.9 Å². The second kappa shape index (κ2) is 3.24. The molecule has 1 saturated carbocycles. The highest BCUT2D eigenvalue weighted by Crippen LogP contribution is 2.49. The van der Waals surface area contributed by atoms with Gasteiger partial charge in [-0.15, -0.1) is 0 Å². The maximum absolute atomic E-state index is 5.91. The number of rotatable bonds is 2. The van der Waals surface area contributed by atoms with E-state index in [9.17, 15) is 0 Å². The summed E-state index contributed by atoms with van der Waals surface area (Å²) in [6.45, 7) is 2.96. The molecule has 1 aromatic carbocycles. The summed E-state index contributed by atoms with van der Waals surface area (Å²) >= 11 is 0. The lowest BCUT2D eigenvalue weighted by molar-refractivity contribution is 0.357. The first-order valence-corrected chi connectivity index (χ1v) is 5.77. The van der Waals surface area contributed by atoms with Crippen molar-refractivity contribution in [2.75, 3.05) is 6.61 Å². The Bertz CT molecular complexity index is 386. The van der Waals surface area contributed by atoms with Gasteiger partial charge in [-0.2, -0.15) is 0 Å². The van der Waals surface area contributed by atoms with E-state index in [-0.39, 0.29) is 0 Å². The average Bonchev–Trinajstić information content (AvgIpc) is 2.89. The smallest absolute Gasteiger partial charge is 0.122 e. The Balaban J connectivity index is 1.83. The van der Waals surface area contributed by atoms with Gasteiger partial charge in [0.25, 0.3) is 0 Å². The number of benzene rings is 1. The van der Waals surface area contributed by atoms with E-state index in [4.69, 9.17) is 10.5 Å². The molecule has 0 radical (unpaired) electrons. The molecular weight excluding hydrogens is 186 g/mol. The molecule has 1 aromatic rings. The molecule has 15 heavy (non-hydrogen) atoms. The fourth-order valence-corrected chi connectivity index (χ4v) is 2.62. The van der Waals surface area contributed by atoms with Crippen molar-refractivity contribution in [1.82, 2.24) is 0 Å². The lowest BCUT2D eigenvalue weighted by atomic mass is 10.0. The van der Waals surface area contributed by atoms with Gasteiger partial charge < -0.3 is 10.5 Å². The summed E-state index contributed by atoms with van der Waals surface area (Å²) in [5.41, 5.74) is 8.75. The fourth-order valence-electron chi connectivity index (χ4n) is 2.62. The van der Waals surface area contributed by atoms with Crippen LogP contribution in [-0.2, 0) is 6.42 Å². The molecule has 2 aliphatic rings. The van der Waals surface area contributed by atoms with Crippen molar-refractivity contribution in [2.45, 2.75) is 31.7 Å². The Labute approximate surface area is 90.4 Å². The second-order valence-electron chi connectivity index (χ2n) is 4.83. The number of nitrogens with two attached hydrogens (primary N) is 1. The van der Waals surface area contributed by atoms with Crippen molar-refractivity contribution in [3.63, 3.8) is 0 Å². The van der Waals surface area contributed by atoms with Crippen LogP contribution in [0.5, 0.6) is 5.75 Å². The molecule has 1 aliphatic heterocycles. The largest absolute Gasteiger partial charge is 0.493 e. The third kappa shape index (κ3) is 1.53. The Hall–Kier alpha value is -1.02. The van der Waals surface area contributed by atoms with Gasteiger partial charge in [0.2, 0.25) is 0 Å². The SMILES string of the molecule is CC(N)C1CC1c1ccc2c(c1)CCO2. The van der Waals surface area contributed by atoms with Crippen LogP contribution < -0.4 is 10.5 Å². The standard InChI is InChI=1S/C13H17NO/c1-8(14)11-7-12(11)9-2-3-13-10(6-9)4-5-15-13/h2-3,6,8,11-12H,4-5,7,14H2,1H3. The average molecular weight is 203 g/mol. The van der Waals surface area contributed by atoms with E-state index >= 15 is 0 Å². The molecule has 0 aromatic heterocycles. The van der Waals surface area contributed by atoms with Crippen molar-refractivity contribution in [1.29, 1.82) is 0 Å². The second-order valence-corrected chi connectivity index (χ2v) is 4.83. The highest BCUT2D eigenvalue weighted by molar-refractivity contribution is 5.42. The van der Waals surface area contributed by atoms with E-state index in [1.54, 1.807) is 0 Å². The molecular formula is C13H17NO. The Morgan fingerprint density at radius 1 is 1.47 bits per heavy atom. The summed E-state index contributed by atoms with van der Waals surface area (Å²) in [6.07, 6.45) is 2.33. The highest BCUT2D eigenvalue weighted by atomic mass is 16.5. The third-order valence-corrected chi connectivity index (χ3v) is 3.66. The Kier molecular flexibility index (Phi) is 1.99. The summed E-state index contributed by atoms with van der Waals surface area (Å²) in [6, 6.07) is 6.97. The minimum atomic E-state index is 0.333. The molecule has 0 amide bonds. The number of ether oxygens (including phenoxy) is 1. The van der Waals surface area contributed by atoms with E-state index in [1.807, 2.05) is 0 Å². The van der Waals surface area contributed by atoms with Gasteiger partial charge in [0.15, 0.2) is 0 Å². The van der Waals surface area contributed by atoms with Gasteiger partial charge in [-0.05, 0) is 42.4 Å². The van der Waals surface area contributed by atoms with Gasteiger partial charge in [0, 0.05) is 12.5 Å². The zero-order valence-corrected chi connectivity index (χ0v) is 9.07. The molecule has 3 unspecified atom stereocenters. The first kappa shape index (κ1) is 9.22. The van der Waals surface area contributed by atoms with E-state index in [1.165, 1.54) is 17.5 Å².